The second kappa shape index (κ2) is 10.0. The Labute approximate surface area is 225 Å². The third-order valence-electron chi connectivity index (χ3n) is 6.95. The fraction of sp³-hybridized carbons (Fsp3) is 0.444. The number of nitrogens with zero attached hydrogens (tertiary/aromatic N) is 4. The summed E-state index contributed by atoms with van der Waals surface area (Å²) in [7, 11) is 0. The van der Waals surface area contributed by atoms with E-state index < -0.39 is 11.7 Å². The molecule has 194 valence electrons. The number of benzene rings is 1. The van der Waals surface area contributed by atoms with Crippen LogP contribution in [-0.4, -0.2) is 44.2 Å². The molecule has 1 aromatic carbocycles. The summed E-state index contributed by atoms with van der Waals surface area (Å²) >= 11 is 7.81. The first-order valence-electron chi connectivity index (χ1n) is 12.5. The Balaban J connectivity index is 1.36. The van der Waals surface area contributed by atoms with Crippen molar-refractivity contribution < 1.29 is 9.53 Å². The van der Waals surface area contributed by atoms with Gasteiger partial charge in [-0.2, -0.15) is 4.37 Å². The Hall–Kier alpha value is -3.04. The minimum Gasteiger partial charge on any atom is -0.444 e. The van der Waals surface area contributed by atoms with Crippen molar-refractivity contribution in [3.8, 4) is 0 Å². The van der Waals surface area contributed by atoms with Crippen molar-refractivity contribution in [3.63, 3.8) is 0 Å². The van der Waals surface area contributed by atoms with E-state index in [1.807, 2.05) is 51.4 Å². The van der Waals surface area contributed by atoms with Gasteiger partial charge in [-0.05, 0) is 87.8 Å². The lowest BCUT2D eigenvalue weighted by Crippen LogP contribution is -2.46. The Morgan fingerprint density at radius 2 is 1.92 bits per heavy atom. The van der Waals surface area contributed by atoms with E-state index in [9.17, 15) is 10.2 Å². The first-order valence-corrected chi connectivity index (χ1v) is 13.7. The van der Waals surface area contributed by atoms with E-state index in [1.165, 1.54) is 21.8 Å². The third-order valence-corrected chi connectivity index (χ3v) is 8.00. The number of aromatic nitrogens is 2. The molecule has 0 unspecified atom stereocenters. The summed E-state index contributed by atoms with van der Waals surface area (Å²) in [6.45, 7) is 5.78. The van der Waals surface area contributed by atoms with Crippen molar-refractivity contribution in [1.82, 2.24) is 14.3 Å². The number of amides is 1. The Morgan fingerprint density at radius 1 is 1.16 bits per heavy atom. The zero-order valence-electron chi connectivity index (χ0n) is 21.3. The Morgan fingerprint density at radius 3 is 2.65 bits per heavy atom. The number of pyridine rings is 1. The molecule has 2 N–H and O–H groups in total. The standard InChI is InChI=1S/C27H31ClN6O2S/c1-27(2,3)36-26(35)33-14-18-12-19(28)8-9-21(18)34(23(29)15-33)25(30)17-6-4-16(5-7-17)24-20-10-11-31-13-22(20)37-32-24/h8-13,16-17,29-30H,4-7,14-15H2,1-3H3. The number of amidine groups is 2. The number of rotatable bonds is 2. The van der Waals surface area contributed by atoms with E-state index >= 15 is 0 Å². The molecule has 0 bridgehead atoms. The first-order chi connectivity index (χ1) is 17.6. The monoisotopic (exact) mass is 538 g/mol. The van der Waals surface area contributed by atoms with Crippen LogP contribution in [0.4, 0.5) is 10.5 Å². The molecule has 0 radical (unpaired) electrons. The van der Waals surface area contributed by atoms with Crippen molar-refractivity contribution in [2.45, 2.75) is 64.5 Å². The zero-order chi connectivity index (χ0) is 26.3. The second-order valence-electron chi connectivity index (χ2n) is 10.8. The second-order valence-corrected chi connectivity index (χ2v) is 12.0. The maximum absolute atomic E-state index is 12.9. The summed E-state index contributed by atoms with van der Waals surface area (Å²) in [5.74, 6) is 0.944. The fourth-order valence-electron chi connectivity index (χ4n) is 5.22. The lowest BCUT2D eigenvalue weighted by Gasteiger charge is -2.34. The van der Waals surface area contributed by atoms with Gasteiger partial charge in [0.2, 0.25) is 0 Å². The number of fused-ring (bicyclic) bond motifs is 2. The molecule has 1 amide bonds. The minimum absolute atomic E-state index is 0.0137. The van der Waals surface area contributed by atoms with Gasteiger partial charge in [0.05, 0.1) is 29.2 Å². The van der Waals surface area contributed by atoms with Gasteiger partial charge in [0.15, 0.2) is 0 Å². The first kappa shape index (κ1) is 25.6. The van der Waals surface area contributed by atoms with Gasteiger partial charge in [0.1, 0.15) is 17.3 Å². The molecule has 1 fully saturated rings. The highest BCUT2D eigenvalue weighted by Crippen LogP contribution is 2.41. The summed E-state index contributed by atoms with van der Waals surface area (Å²) in [4.78, 5) is 20.3. The molecule has 8 nitrogen and oxygen atoms in total. The van der Waals surface area contributed by atoms with Gasteiger partial charge in [-0.1, -0.05) is 11.6 Å². The molecule has 0 saturated heterocycles. The van der Waals surface area contributed by atoms with E-state index in [-0.39, 0.29) is 24.8 Å². The molecule has 1 aliphatic carbocycles. The highest BCUT2D eigenvalue weighted by molar-refractivity contribution is 7.13. The lowest BCUT2D eigenvalue weighted by molar-refractivity contribution is 0.0265. The van der Waals surface area contributed by atoms with Crippen molar-refractivity contribution >= 4 is 56.7 Å². The summed E-state index contributed by atoms with van der Waals surface area (Å²) in [6.07, 6.45) is 6.76. The molecule has 0 atom stereocenters. The molecule has 2 aliphatic rings. The van der Waals surface area contributed by atoms with Crippen LogP contribution in [0, 0.1) is 16.7 Å². The van der Waals surface area contributed by atoms with Gasteiger partial charge in [-0.3, -0.25) is 25.6 Å². The summed E-state index contributed by atoms with van der Waals surface area (Å²) in [5, 5.41) is 19.8. The van der Waals surface area contributed by atoms with Crippen molar-refractivity contribution in [2.24, 2.45) is 5.92 Å². The molecule has 10 heteroatoms. The number of hydrogen-bond acceptors (Lipinski definition) is 7. The number of halogens is 1. The molecular formula is C27H31ClN6O2S. The van der Waals surface area contributed by atoms with Crippen LogP contribution in [0.5, 0.6) is 0 Å². The zero-order valence-corrected chi connectivity index (χ0v) is 22.8. The lowest BCUT2D eigenvalue weighted by atomic mass is 9.79. The minimum atomic E-state index is -0.646. The highest BCUT2D eigenvalue weighted by Gasteiger charge is 2.35. The van der Waals surface area contributed by atoms with Gasteiger partial charge in [0, 0.05) is 34.6 Å². The number of carbonyl (C=O) groups is 1. The van der Waals surface area contributed by atoms with Crippen LogP contribution in [0.2, 0.25) is 5.02 Å². The summed E-state index contributed by atoms with van der Waals surface area (Å²) in [6, 6.07) is 7.47. The average Bonchev–Trinajstić information content (AvgIpc) is 3.22. The number of nitrogens with one attached hydrogen (secondary N) is 2. The predicted molar refractivity (Wildman–Crippen MR) is 148 cm³/mol. The summed E-state index contributed by atoms with van der Waals surface area (Å²) in [5.41, 5.74) is 2.02. The Kier molecular flexibility index (Phi) is 6.93. The molecular weight excluding hydrogens is 508 g/mol. The molecule has 37 heavy (non-hydrogen) atoms. The smallest absolute Gasteiger partial charge is 0.410 e. The highest BCUT2D eigenvalue weighted by atomic mass is 35.5. The maximum Gasteiger partial charge on any atom is 0.410 e. The summed E-state index contributed by atoms with van der Waals surface area (Å²) < 4.78 is 11.4. The number of hydrogen-bond donors (Lipinski definition) is 2. The van der Waals surface area contributed by atoms with Gasteiger partial charge in [-0.25, -0.2) is 4.79 Å². The van der Waals surface area contributed by atoms with Crippen LogP contribution in [-0.2, 0) is 11.3 Å². The average molecular weight is 539 g/mol. The topological polar surface area (TPSA) is 106 Å². The molecule has 3 heterocycles. The van der Waals surface area contributed by atoms with E-state index in [2.05, 4.69) is 4.98 Å². The number of anilines is 1. The van der Waals surface area contributed by atoms with E-state index in [0.717, 1.165) is 47.3 Å². The van der Waals surface area contributed by atoms with Crippen LogP contribution in [0.15, 0.2) is 36.7 Å². The van der Waals surface area contributed by atoms with Crippen molar-refractivity contribution in [3.05, 3.63) is 52.9 Å². The van der Waals surface area contributed by atoms with Crippen molar-refractivity contribution in [1.29, 1.82) is 10.8 Å². The van der Waals surface area contributed by atoms with Gasteiger partial charge in [0.25, 0.3) is 0 Å². The van der Waals surface area contributed by atoms with Crippen LogP contribution in [0.3, 0.4) is 0 Å². The van der Waals surface area contributed by atoms with Crippen LogP contribution < -0.4 is 4.90 Å². The van der Waals surface area contributed by atoms with Crippen LogP contribution >= 0.6 is 23.1 Å². The molecule has 0 spiro atoms. The van der Waals surface area contributed by atoms with Gasteiger partial charge in [-0.15, -0.1) is 0 Å². The maximum atomic E-state index is 12.9. The molecule has 3 aromatic rings. The van der Waals surface area contributed by atoms with Gasteiger partial charge >= 0.3 is 6.09 Å². The van der Waals surface area contributed by atoms with Crippen LogP contribution in [0.1, 0.15) is 63.6 Å². The third kappa shape index (κ3) is 5.33. The van der Waals surface area contributed by atoms with E-state index in [1.54, 1.807) is 11.0 Å². The van der Waals surface area contributed by atoms with Gasteiger partial charge < -0.3 is 4.74 Å². The normalized spacial score (nSPS) is 20.5. The quantitative estimate of drug-likeness (QED) is 0.275. The largest absolute Gasteiger partial charge is 0.444 e. The Bertz CT molecular complexity index is 1360. The fourth-order valence-corrected chi connectivity index (χ4v) is 6.23. The molecule has 1 saturated carbocycles. The molecule has 5 rings (SSSR count). The number of carbonyl (C=O) groups excluding carboxylic acids is 1. The molecule has 2 aromatic heterocycles. The SMILES string of the molecule is CC(C)(C)OC(=O)N1CC(=N)N(C(=N)C2CCC(c3nsc4cnccc34)CC2)c2ccc(Cl)cc2C1. The molecule has 1 aliphatic heterocycles. The van der Waals surface area contributed by atoms with Crippen molar-refractivity contribution in [2.75, 3.05) is 11.4 Å². The number of ether oxygens (including phenoxy) is 1. The van der Waals surface area contributed by atoms with Crippen LogP contribution in [0.25, 0.3) is 10.1 Å². The predicted octanol–water partition coefficient (Wildman–Crippen LogP) is 6.83. The van der Waals surface area contributed by atoms with E-state index in [0.29, 0.717) is 16.8 Å². The van der Waals surface area contributed by atoms with E-state index in [4.69, 9.17) is 26.1 Å².